The van der Waals surface area contributed by atoms with Gasteiger partial charge in [0.2, 0.25) is 0 Å². The summed E-state index contributed by atoms with van der Waals surface area (Å²) in [6, 6.07) is 0. The predicted molar refractivity (Wildman–Crippen MR) is 71.4 cm³/mol. The molecule has 0 bridgehead atoms. The number of halogens is 2. The number of nitrogens with two attached hydrogens (primary N) is 1. The molecular formula is C11H13BrClN3O. The van der Waals surface area contributed by atoms with Crippen LogP contribution >= 0.6 is 27.5 Å². The van der Waals surface area contributed by atoms with Gasteiger partial charge in [0.1, 0.15) is 6.29 Å². The van der Waals surface area contributed by atoms with Crippen molar-refractivity contribution in [1.82, 2.24) is 4.98 Å². The highest BCUT2D eigenvalue weighted by atomic mass is 79.9. The minimum atomic E-state index is -0.678. The van der Waals surface area contributed by atoms with Gasteiger partial charge in [-0.05, 0) is 28.8 Å². The number of aldehydes is 1. The van der Waals surface area contributed by atoms with E-state index in [1.165, 1.54) is 0 Å². The van der Waals surface area contributed by atoms with Crippen LogP contribution in [-0.2, 0) is 4.79 Å². The minimum absolute atomic E-state index is 0.606. The number of aromatic nitrogens is 1. The summed E-state index contributed by atoms with van der Waals surface area (Å²) in [5.74, 6) is 0. The second-order valence-corrected chi connectivity index (χ2v) is 5.55. The third kappa shape index (κ3) is 2.61. The maximum Gasteiger partial charge on any atom is 0.139 e. The van der Waals surface area contributed by atoms with Gasteiger partial charge in [-0.1, -0.05) is 11.6 Å². The first kappa shape index (κ1) is 12.8. The van der Waals surface area contributed by atoms with Gasteiger partial charge in [-0.3, -0.25) is 4.98 Å². The Bertz CT molecular complexity index is 412. The summed E-state index contributed by atoms with van der Waals surface area (Å²) >= 11 is 9.57. The lowest BCUT2D eigenvalue weighted by atomic mass is 9.90. The zero-order chi connectivity index (χ0) is 12.5. The van der Waals surface area contributed by atoms with Crippen LogP contribution in [0.5, 0.6) is 0 Å². The number of anilines is 1. The largest absolute Gasteiger partial charge is 0.369 e. The molecule has 1 fully saturated rings. The maximum atomic E-state index is 10.9. The number of hydrogen-bond donors (Lipinski definition) is 1. The molecule has 1 saturated heterocycles. The van der Waals surface area contributed by atoms with Gasteiger partial charge in [0.05, 0.1) is 20.7 Å². The molecule has 1 aliphatic rings. The number of carbonyl (C=O) groups is 1. The quantitative estimate of drug-likeness (QED) is 0.847. The first-order chi connectivity index (χ1) is 8.06. The Balaban J connectivity index is 2.19. The SMILES string of the molecule is NC1(C=O)CCN(c2c(Cl)cncc2Br)CC1. The number of hydrogen-bond acceptors (Lipinski definition) is 4. The molecule has 1 aromatic rings. The van der Waals surface area contributed by atoms with Crippen molar-refractivity contribution in [3.8, 4) is 0 Å². The number of rotatable bonds is 2. The van der Waals surface area contributed by atoms with E-state index in [0.29, 0.717) is 17.9 Å². The molecule has 2 heterocycles. The summed E-state index contributed by atoms with van der Waals surface area (Å²) in [6.45, 7) is 1.44. The van der Waals surface area contributed by atoms with Gasteiger partial charge < -0.3 is 15.4 Å². The smallest absolute Gasteiger partial charge is 0.139 e. The highest BCUT2D eigenvalue weighted by Gasteiger charge is 2.31. The summed E-state index contributed by atoms with van der Waals surface area (Å²) in [6.07, 6.45) is 5.47. The average molecular weight is 319 g/mol. The molecule has 0 spiro atoms. The van der Waals surface area contributed by atoms with Gasteiger partial charge >= 0.3 is 0 Å². The molecule has 1 aliphatic heterocycles. The van der Waals surface area contributed by atoms with Gasteiger partial charge in [0.25, 0.3) is 0 Å². The van der Waals surface area contributed by atoms with Crippen LogP contribution in [0.25, 0.3) is 0 Å². The van der Waals surface area contributed by atoms with Crippen molar-refractivity contribution in [2.75, 3.05) is 18.0 Å². The zero-order valence-electron chi connectivity index (χ0n) is 9.20. The van der Waals surface area contributed by atoms with Crippen LogP contribution in [0.15, 0.2) is 16.9 Å². The highest BCUT2D eigenvalue weighted by molar-refractivity contribution is 9.10. The van der Waals surface area contributed by atoms with Crippen LogP contribution in [0.4, 0.5) is 5.69 Å². The van der Waals surface area contributed by atoms with Crippen LogP contribution in [0.2, 0.25) is 5.02 Å². The first-order valence-corrected chi connectivity index (χ1v) is 6.52. The number of pyridine rings is 1. The van der Waals surface area contributed by atoms with E-state index >= 15 is 0 Å². The Kier molecular flexibility index (Phi) is 3.70. The third-order valence-corrected chi connectivity index (χ3v) is 3.93. The molecule has 0 radical (unpaired) electrons. The minimum Gasteiger partial charge on any atom is -0.369 e. The normalized spacial score (nSPS) is 19.1. The topological polar surface area (TPSA) is 59.2 Å². The van der Waals surface area contributed by atoms with E-state index < -0.39 is 5.54 Å². The fourth-order valence-corrected chi connectivity index (χ4v) is 2.95. The molecule has 2 N–H and O–H groups in total. The molecule has 92 valence electrons. The lowest BCUT2D eigenvalue weighted by Crippen LogP contribution is -2.51. The van der Waals surface area contributed by atoms with Crippen molar-refractivity contribution in [3.63, 3.8) is 0 Å². The summed E-state index contributed by atoms with van der Waals surface area (Å²) in [5, 5.41) is 0.606. The molecule has 0 aliphatic carbocycles. The van der Waals surface area contributed by atoms with Crippen LogP contribution < -0.4 is 10.6 Å². The van der Waals surface area contributed by atoms with Crippen molar-refractivity contribution in [2.45, 2.75) is 18.4 Å². The number of piperidine rings is 1. The Morgan fingerprint density at radius 1 is 1.47 bits per heavy atom. The van der Waals surface area contributed by atoms with Crippen LogP contribution in [0.1, 0.15) is 12.8 Å². The Hall–Kier alpha value is -0.650. The predicted octanol–water partition coefficient (Wildman–Crippen LogP) is 1.99. The van der Waals surface area contributed by atoms with E-state index in [0.717, 1.165) is 29.5 Å². The molecule has 17 heavy (non-hydrogen) atoms. The first-order valence-electron chi connectivity index (χ1n) is 5.35. The monoisotopic (exact) mass is 317 g/mol. The molecule has 2 rings (SSSR count). The van der Waals surface area contributed by atoms with Crippen molar-refractivity contribution in [3.05, 3.63) is 21.9 Å². The summed E-state index contributed by atoms with van der Waals surface area (Å²) in [4.78, 5) is 17.0. The van der Waals surface area contributed by atoms with Crippen LogP contribution in [0.3, 0.4) is 0 Å². The Labute approximate surface area is 113 Å². The summed E-state index contributed by atoms with van der Waals surface area (Å²) < 4.78 is 0.862. The second kappa shape index (κ2) is 4.92. The van der Waals surface area contributed by atoms with E-state index in [2.05, 4.69) is 25.8 Å². The number of nitrogens with zero attached hydrogens (tertiary/aromatic N) is 2. The number of carbonyl (C=O) groups excluding carboxylic acids is 1. The second-order valence-electron chi connectivity index (χ2n) is 4.29. The summed E-state index contributed by atoms with van der Waals surface area (Å²) in [5.41, 5.74) is 6.17. The third-order valence-electron chi connectivity index (χ3n) is 3.07. The molecule has 0 amide bonds. The molecule has 0 atom stereocenters. The highest BCUT2D eigenvalue weighted by Crippen LogP contribution is 2.35. The van der Waals surface area contributed by atoms with Crippen molar-refractivity contribution in [1.29, 1.82) is 0 Å². The standard InChI is InChI=1S/C11H13BrClN3O/c12-8-5-15-6-9(13)10(8)16-3-1-11(14,7-17)2-4-16/h5-7H,1-4,14H2. The molecule has 6 heteroatoms. The van der Waals surface area contributed by atoms with E-state index in [1.807, 2.05) is 0 Å². The molecule has 0 unspecified atom stereocenters. The van der Waals surface area contributed by atoms with Crippen LogP contribution in [-0.4, -0.2) is 29.9 Å². The van der Waals surface area contributed by atoms with Gasteiger partial charge in [-0.25, -0.2) is 0 Å². The van der Waals surface area contributed by atoms with Gasteiger partial charge in [0.15, 0.2) is 0 Å². The Morgan fingerprint density at radius 2 is 2.12 bits per heavy atom. The average Bonchev–Trinajstić information content (AvgIpc) is 2.31. The van der Waals surface area contributed by atoms with Gasteiger partial charge in [0, 0.05) is 25.5 Å². The van der Waals surface area contributed by atoms with Gasteiger partial charge in [-0.2, -0.15) is 0 Å². The van der Waals surface area contributed by atoms with E-state index in [4.69, 9.17) is 17.3 Å². The zero-order valence-corrected chi connectivity index (χ0v) is 11.5. The molecule has 4 nitrogen and oxygen atoms in total. The molecule has 1 aromatic heterocycles. The van der Waals surface area contributed by atoms with Gasteiger partial charge in [-0.15, -0.1) is 0 Å². The van der Waals surface area contributed by atoms with Crippen molar-refractivity contribution < 1.29 is 4.79 Å². The maximum absolute atomic E-state index is 10.9. The van der Waals surface area contributed by atoms with E-state index in [-0.39, 0.29) is 0 Å². The van der Waals surface area contributed by atoms with E-state index in [9.17, 15) is 4.79 Å². The fourth-order valence-electron chi connectivity index (χ4n) is 1.97. The van der Waals surface area contributed by atoms with E-state index in [1.54, 1.807) is 12.4 Å². The lowest BCUT2D eigenvalue weighted by Gasteiger charge is -2.37. The van der Waals surface area contributed by atoms with Crippen molar-refractivity contribution in [2.24, 2.45) is 5.73 Å². The molecule has 0 saturated carbocycles. The molecule has 0 aromatic carbocycles. The molecular weight excluding hydrogens is 305 g/mol. The Morgan fingerprint density at radius 3 is 2.65 bits per heavy atom. The summed E-state index contributed by atoms with van der Waals surface area (Å²) in [7, 11) is 0. The fraction of sp³-hybridized carbons (Fsp3) is 0.455. The lowest BCUT2D eigenvalue weighted by molar-refractivity contribution is -0.112. The van der Waals surface area contributed by atoms with Crippen LogP contribution in [0, 0.1) is 0 Å². The van der Waals surface area contributed by atoms with Crippen molar-refractivity contribution >= 4 is 39.5 Å².